The lowest BCUT2D eigenvalue weighted by Gasteiger charge is -2.09. The van der Waals surface area contributed by atoms with E-state index in [9.17, 15) is 0 Å². The first kappa shape index (κ1) is 12.5. The van der Waals surface area contributed by atoms with Gasteiger partial charge < -0.3 is 15.0 Å². The van der Waals surface area contributed by atoms with Crippen LogP contribution in [0.2, 0.25) is 0 Å². The summed E-state index contributed by atoms with van der Waals surface area (Å²) < 4.78 is 7.30. The van der Waals surface area contributed by atoms with Gasteiger partial charge in [-0.3, -0.25) is 4.98 Å². The molecule has 20 heavy (non-hydrogen) atoms. The molecule has 0 aliphatic carbocycles. The molecule has 0 amide bonds. The van der Waals surface area contributed by atoms with E-state index in [-0.39, 0.29) is 0 Å². The van der Waals surface area contributed by atoms with E-state index < -0.39 is 0 Å². The second-order valence-electron chi connectivity index (χ2n) is 4.69. The lowest BCUT2D eigenvalue weighted by molar-refractivity contribution is 0.419. The highest BCUT2D eigenvalue weighted by Gasteiger charge is 2.12. The standard InChI is InChI=1S/C15H16N4O/c1-10-6-7-17-8-11(10)9-19-12-4-3-5-13(20-2)14(12)18-15(19)16/h3-8H,9H2,1-2H3,(H2,16,18). The van der Waals surface area contributed by atoms with Gasteiger partial charge in [0.15, 0.2) is 0 Å². The first-order valence-electron chi connectivity index (χ1n) is 6.39. The molecule has 0 saturated heterocycles. The Morgan fingerprint density at radius 3 is 2.90 bits per heavy atom. The first-order chi connectivity index (χ1) is 9.70. The van der Waals surface area contributed by atoms with Gasteiger partial charge in [-0.15, -0.1) is 0 Å². The Kier molecular flexibility index (Phi) is 3.02. The van der Waals surface area contributed by atoms with Gasteiger partial charge in [0.05, 0.1) is 19.2 Å². The average molecular weight is 268 g/mol. The van der Waals surface area contributed by atoms with Gasteiger partial charge in [0, 0.05) is 12.4 Å². The quantitative estimate of drug-likeness (QED) is 0.792. The summed E-state index contributed by atoms with van der Waals surface area (Å²) in [5, 5.41) is 0. The van der Waals surface area contributed by atoms with Crippen LogP contribution in [-0.4, -0.2) is 21.6 Å². The largest absolute Gasteiger partial charge is 0.494 e. The molecule has 0 spiro atoms. The third kappa shape index (κ3) is 1.97. The molecule has 0 radical (unpaired) electrons. The van der Waals surface area contributed by atoms with Crippen LogP contribution in [0, 0.1) is 6.92 Å². The molecule has 3 rings (SSSR count). The highest BCUT2D eigenvalue weighted by atomic mass is 16.5. The number of para-hydroxylation sites is 1. The Morgan fingerprint density at radius 1 is 1.30 bits per heavy atom. The molecule has 2 N–H and O–H groups in total. The maximum absolute atomic E-state index is 6.05. The van der Waals surface area contributed by atoms with Gasteiger partial charge >= 0.3 is 0 Å². The van der Waals surface area contributed by atoms with Gasteiger partial charge in [-0.25, -0.2) is 4.98 Å². The number of hydrogen-bond acceptors (Lipinski definition) is 4. The van der Waals surface area contributed by atoms with Crippen molar-refractivity contribution in [2.24, 2.45) is 0 Å². The van der Waals surface area contributed by atoms with Crippen molar-refractivity contribution in [2.45, 2.75) is 13.5 Å². The van der Waals surface area contributed by atoms with Crippen molar-refractivity contribution in [3.05, 3.63) is 47.8 Å². The van der Waals surface area contributed by atoms with Crippen LogP contribution in [0.4, 0.5) is 5.95 Å². The number of fused-ring (bicyclic) bond motifs is 1. The van der Waals surface area contributed by atoms with Gasteiger partial charge in [0.1, 0.15) is 11.3 Å². The predicted octanol–water partition coefficient (Wildman–Crippen LogP) is 2.38. The minimum absolute atomic E-state index is 0.479. The fourth-order valence-corrected chi connectivity index (χ4v) is 2.30. The third-order valence-electron chi connectivity index (χ3n) is 3.47. The molecule has 5 heteroatoms. The van der Waals surface area contributed by atoms with E-state index in [2.05, 4.69) is 16.9 Å². The summed E-state index contributed by atoms with van der Waals surface area (Å²) in [7, 11) is 1.63. The lowest BCUT2D eigenvalue weighted by atomic mass is 10.1. The molecule has 2 heterocycles. The van der Waals surface area contributed by atoms with Crippen LogP contribution in [0.5, 0.6) is 5.75 Å². The van der Waals surface area contributed by atoms with Gasteiger partial charge in [-0.1, -0.05) is 6.07 Å². The Labute approximate surface area is 117 Å². The number of benzene rings is 1. The minimum Gasteiger partial charge on any atom is -0.494 e. The normalized spacial score (nSPS) is 10.9. The second kappa shape index (κ2) is 4.85. The van der Waals surface area contributed by atoms with Crippen LogP contribution in [0.1, 0.15) is 11.1 Å². The highest BCUT2D eigenvalue weighted by Crippen LogP contribution is 2.27. The number of imidazole rings is 1. The van der Waals surface area contributed by atoms with Crippen LogP contribution in [0.3, 0.4) is 0 Å². The molecule has 0 aliphatic heterocycles. The van der Waals surface area contributed by atoms with Crippen molar-refractivity contribution in [2.75, 3.05) is 12.8 Å². The summed E-state index contributed by atoms with van der Waals surface area (Å²) in [5.74, 6) is 1.21. The van der Waals surface area contributed by atoms with E-state index in [4.69, 9.17) is 10.5 Å². The number of nitrogens with two attached hydrogens (primary N) is 1. The monoisotopic (exact) mass is 268 g/mol. The number of ether oxygens (including phenoxy) is 1. The Hall–Kier alpha value is -2.56. The summed E-state index contributed by atoms with van der Waals surface area (Å²) in [4.78, 5) is 8.58. The van der Waals surface area contributed by atoms with Gasteiger partial charge in [-0.2, -0.15) is 0 Å². The Morgan fingerprint density at radius 2 is 2.15 bits per heavy atom. The van der Waals surface area contributed by atoms with Crippen molar-refractivity contribution in [1.82, 2.24) is 14.5 Å². The van der Waals surface area contributed by atoms with Crippen LogP contribution in [0.15, 0.2) is 36.7 Å². The van der Waals surface area contributed by atoms with E-state index in [0.29, 0.717) is 12.5 Å². The lowest BCUT2D eigenvalue weighted by Crippen LogP contribution is -2.06. The van der Waals surface area contributed by atoms with Crippen molar-refractivity contribution < 1.29 is 4.74 Å². The SMILES string of the molecule is COc1cccc2c1nc(N)n2Cc1cnccc1C. The number of hydrogen-bond donors (Lipinski definition) is 1. The topological polar surface area (TPSA) is 66.0 Å². The summed E-state index contributed by atoms with van der Waals surface area (Å²) in [5.41, 5.74) is 10.1. The number of nitrogen functional groups attached to an aromatic ring is 1. The van der Waals surface area contributed by atoms with E-state index in [1.54, 1.807) is 13.3 Å². The van der Waals surface area contributed by atoms with Gasteiger partial charge in [0.25, 0.3) is 0 Å². The zero-order valence-electron chi connectivity index (χ0n) is 11.5. The molecule has 0 bridgehead atoms. The number of rotatable bonds is 3. The zero-order valence-corrected chi connectivity index (χ0v) is 11.5. The molecular weight excluding hydrogens is 252 g/mol. The average Bonchev–Trinajstić information content (AvgIpc) is 2.77. The molecular formula is C15H16N4O. The molecule has 1 aromatic carbocycles. The molecule has 102 valence electrons. The minimum atomic E-state index is 0.479. The Bertz CT molecular complexity index is 764. The molecule has 0 fully saturated rings. The number of methoxy groups -OCH3 is 1. The van der Waals surface area contributed by atoms with Crippen LogP contribution in [0.25, 0.3) is 11.0 Å². The van der Waals surface area contributed by atoms with Gasteiger partial charge in [0.2, 0.25) is 5.95 Å². The first-order valence-corrected chi connectivity index (χ1v) is 6.39. The fourth-order valence-electron chi connectivity index (χ4n) is 2.30. The zero-order chi connectivity index (χ0) is 14.1. The number of aryl methyl sites for hydroxylation is 1. The maximum Gasteiger partial charge on any atom is 0.201 e. The van der Waals surface area contributed by atoms with E-state index in [1.165, 1.54) is 5.56 Å². The highest BCUT2D eigenvalue weighted by molar-refractivity contribution is 5.84. The van der Waals surface area contributed by atoms with E-state index in [1.807, 2.05) is 35.0 Å². The summed E-state index contributed by atoms with van der Waals surface area (Å²) in [6.07, 6.45) is 3.65. The van der Waals surface area contributed by atoms with Crippen LogP contribution in [-0.2, 0) is 6.54 Å². The molecule has 0 aliphatic rings. The second-order valence-corrected chi connectivity index (χ2v) is 4.69. The molecule has 3 aromatic rings. The van der Waals surface area contributed by atoms with Crippen LogP contribution < -0.4 is 10.5 Å². The van der Waals surface area contributed by atoms with E-state index >= 15 is 0 Å². The van der Waals surface area contributed by atoms with Crippen molar-refractivity contribution in [3.63, 3.8) is 0 Å². The maximum atomic E-state index is 6.05. The van der Waals surface area contributed by atoms with Crippen molar-refractivity contribution in [1.29, 1.82) is 0 Å². The van der Waals surface area contributed by atoms with Gasteiger partial charge in [-0.05, 0) is 36.2 Å². The Balaban J connectivity index is 2.13. The fraction of sp³-hybridized carbons (Fsp3) is 0.200. The number of aromatic nitrogens is 3. The van der Waals surface area contributed by atoms with Crippen molar-refractivity contribution >= 4 is 17.0 Å². The van der Waals surface area contributed by atoms with Crippen LogP contribution >= 0.6 is 0 Å². The number of anilines is 1. The molecule has 0 saturated carbocycles. The summed E-state index contributed by atoms with van der Waals surface area (Å²) in [6, 6.07) is 7.81. The third-order valence-corrected chi connectivity index (χ3v) is 3.47. The number of nitrogens with zero attached hydrogens (tertiary/aromatic N) is 3. The summed E-state index contributed by atoms with van der Waals surface area (Å²) >= 11 is 0. The predicted molar refractivity (Wildman–Crippen MR) is 78.8 cm³/mol. The van der Waals surface area contributed by atoms with Crippen molar-refractivity contribution in [3.8, 4) is 5.75 Å². The molecule has 5 nitrogen and oxygen atoms in total. The smallest absolute Gasteiger partial charge is 0.201 e. The number of pyridine rings is 1. The van der Waals surface area contributed by atoms with E-state index in [0.717, 1.165) is 22.3 Å². The molecule has 0 atom stereocenters. The summed E-state index contributed by atoms with van der Waals surface area (Å²) in [6.45, 7) is 2.71. The molecule has 0 unspecified atom stereocenters. The molecule has 2 aromatic heterocycles.